The van der Waals surface area contributed by atoms with Gasteiger partial charge in [0.1, 0.15) is 17.2 Å². The predicted molar refractivity (Wildman–Crippen MR) is 119 cm³/mol. The van der Waals surface area contributed by atoms with Crippen LogP contribution in [0.1, 0.15) is 48.7 Å². The highest BCUT2D eigenvalue weighted by Gasteiger charge is 2.33. The number of primary amides is 1. The van der Waals surface area contributed by atoms with Gasteiger partial charge in [0.25, 0.3) is 15.9 Å². The van der Waals surface area contributed by atoms with Gasteiger partial charge in [-0.2, -0.15) is 9.40 Å². The van der Waals surface area contributed by atoms with Crippen molar-refractivity contribution in [3.05, 3.63) is 59.3 Å². The number of pyridine rings is 1. The summed E-state index contributed by atoms with van der Waals surface area (Å²) in [4.78, 5) is 14.2. The first kappa shape index (κ1) is 23.1. The zero-order valence-electron chi connectivity index (χ0n) is 18.3. The van der Waals surface area contributed by atoms with Gasteiger partial charge in [0, 0.05) is 37.1 Å². The third-order valence-electron chi connectivity index (χ3n) is 6.02. The van der Waals surface area contributed by atoms with Crippen LogP contribution in [0.15, 0.2) is 41.6 Å². The monoisotopic (exact) mass is 477 g/mol. The summed E-state index contributed by atoms with van der Waals surface area (Å²) in [5, 5.41) is 3.75. The van der Waals surface area contributed by atoms with Gasteiger partial charge in [0.2, 0.25) is 5.03 Å². The highest BCUT2D eigenvalue weighted by Crippen LogP contribution is 2.38. The SMILES string of the molecule is CCN(CC)S(=O)(=O)c1nn2ccc(N3CCCC3c3cc(F)ccc3F)cc2c1C(N)=O. The molecule has 4 rings (SSSR count). The van der Waals surface area contributed by atoms with Crippen LogP contribution >= 0.6 is 0 Å². The van der Waals surface area contributed by atoms with E-state index in [2.05, 4.69) is 5.10 Å². The second kappa shape index (κ2) is 8.71. The van der Waals surface area contributed by atoms with Crippen molar-refractivity contribution in [1.29, 1.82) is 0 Å². The lowest BCUT2D eigenvalue weighted by Gasteiger charge is -2.27. The molecule has 1 aromatic carbocycles. The Morgan fingerprint density at radius 2 is 1.94 bits per heavy atom. The Hall–Kier alpha value is -3.05. The molecular weight excluding hydrogens is 452 g/mol. The lowest BCUT2D eigenvalue weighted by atomic mass is 10.0. The molecule has 1 saturated heterocycles. The molecule has 0 saturated carbocycles. The molecular formula is C22H25F2N5O3S. The number of hydrogen-bond donors (Lipinski definition) is 1. The number of fused-ring (bicyclic) bond motifs is 1. The maximum Gasteiger partial charge on any atom is 0.263 e. The number of anilines is 1. The molecule has 3 heterocycles. The molecule has 2 N–H and O–H groups in total. The van der Waals surface area contributed by atoms with Gasteiger partial charge < -0.3 is 10.6 Å². The molecule has 0 radical (unpaired) electrons. The van der Waals surface area contributed by atoms with Crippen LogP contribution < -0.4 is 10.6 Å². The maximum absolute atomic E-state index is 14.5. The number of aromatic nitrogens is 2. The molecule has 0 aliphatic carbocycles. The number of hydrogen-bond acceptors (Lipinski definition) is 5. The molecule has 1 fully saturated rings. The molecule has 8 nitrogen and oxygen atoms in total. The predicted octanol–water partition coefficient (Wildman–Crippen LogP) is 3.08. The summed E-state index contributed by atoms with van der Waals surface area (Å²) < 4.78 is 57.0. The Bertz CT molecular complexity index is 1320. The largest absolute Gasteiger partial charge is 0.365 e. The number of halogens is 2. The Morgan fingerprint density at radius 1 is 1.21 bits per heavy atom. The average Bonchev–Trinajstić information content (AvgIpc) is 3.40. The number of rotatable bonds is 7. The van der Waals surface area contributed by atoms with Gasteiger partial charge in [-0.15, -0.1) is 0 Å². The van der Waals surface area contributed by atoms with Gasteiger partial charge in [0.15, 0.2) is 0 Å². The van der Waals surface area contributed by atoms with E-state index in [9.17, 15) is 22.0 Å². The van der Waals surface area contributed by atoms with Crippen LogP contribution in [-0.2, 0) is 10.0 Å². The van der Waals surface area contributed by atoms with Gasteiger partial charge in [-0.25, -0.2) is 21.7 Å². The van der Waals surface area contributed by atoms with E-state index in [0.29, 0.717) is 18.7 Å². The van der Waals surface area contributed by atoms with Crippen molar-refractivity contribution in [3.63, 3.8) is 0 Å². The van der Waals surface area contributed by atoms with E-state index < -0.39 is 38.6 Å². The maximum atomic E-state index is 14.5. The summed E-state index contributed by atoms with van der Waals surface area (Å²) in [6.45, 7) is 4.40. The minimum absolute atomic E-state index is 0.198. The van der Waals surface area contributed by atoms with Gasteiger partial charge in [-0.3, -0.25) is 4.79 Å². The molecule has 2 aromatic heterocycles. The van der Waals surface area contributed by atoms with Crippen LogP contribution in [0.2, 0.25) is 0 Å². The van der Waals surface area contributed by atoms with Crippen LogP contribution in [0.5, 0.6) is 0 Å². The molecule has 11 heteroatoms. The molecule has 0 bridgehead atoms. The lowest BCUT2D eigenvalue weighted by Crippen LogP contribution is -2.32. The van der Waals surface area contributed by atoms with Crippen molar-refractivity contribution in [3.8, 4) is 0 Å². The van der Waals surface area contributed by atoms with Crippen molar-refractivity contribution < 1.29 is 22.0 Å². The summed E-state index contributed by atoms with van der Waals surface area (Å²) in [6, 6.07) is 6.30. The zero-order chi connectivity index (χ0) is 23.9. The van der Waals surface area contributed by atoms with Gasteiger partial charge >= 0.3 is 0 Å². The third-order valence-corrected chi connectivity index (χ3v) is 7.99. The zero-order valence-corrected chi connectivity index (χ0v) is 19.1. The first-order valence-corrected chi connectivity index (χ1v) is 12.2. The van der Waals surface area contributed by atoms with Gasteiger partial charge in [-0.1, -0.05) is 13.8 Å². The number of benzene rings is 1. The Labute approximate surface area is 190 Å². The Kier molecular flexibility index (Phi) is 6.10. The van der Waals surface area contributed by atoms with E-state index in [-0.39, 0.29) is 29.7 Å². The van der Waals surface area contributed by atoms with Crippen LogP contribution in [0.25, 0.3) is 5.52 Å². The van der Waals surface area contributed by atoms with E-state index in [0.717, 1.165) is 18.6 Å². The van der Waals surface area contributed by atoms with Crippen LogP contribution in [-0.4, -0.2) is 47.9 Å². The summed E-state index contributed by atoms with van der Waals surface area (Å²) in [6.07, 6.45) is 2.92. The van der Waals surface area contributed by atoms with Gasteiger partial charge in [-0.05, 0) is 43.2 Å². The quantitative estimate of drug-likeness (QED) is 0.564. The van der Waals surface area contributed by atoms with E-state index in [1.165, 1.54) is 21.1 Å². The van der Waals surface area contributed by atoms with Crippen LogP contribution in [0.3, 0.4) is 0 Å². The number of nitrogens with two attached hydrogens (primary N) is 1. The number of carbonyl (C=O) groups excluding carboxylic acids is 1. The van der Waals surface area contributed by atoms with E-state index >= 15 is 0 Å². The van der Waals surface area contributed by atoms with E-state index in [1.807, 2.05) is 4.90 Å². The number of amides is 1. The molecule has 0 spiro atoms. The first-order chi connectivity index (χ1) is 15.7. The highest BCUT2D eigenvalue weighted by atomic mass is 32.2. The number of carbonyl (C=O) groups is 1. The van der Waals surface area contributed by atoms with Gasteiger partial charge in [0.05, 0.1) is 11.6 Å². The normalized spacial score (nSPS) is 16.8. The molecule has 1 aliphatic rings. The fourth-order valence-electron chi connectivity index (χ4n) is 4.46. The fraction of sp³-hybridized carbons (Fsp3) is 0.364. The molecule has 33 heavy (non-hydrogen) atoms. The standard InChI is InChI=1S/C22H25F2N5O3S/c1-3-27(4-2)33(31,32)22-20(21(25)30)19-13-15(9-11-29(19)26-22)28-10-5-6-18(28)16-12-14(23)7-8-17(16)24/h7-9,11-13,18H,3-6,10H2,1-2H3,(H2,25,30). The summed E-state index contributed by atoms with van der Waals surface area (Å²) in [7, 11) is -4.04. The van der Waals surface area contributed by atoms with E-state index in [1.54, 1.807) is 26.0 Å². The van der Waals surface area contributed by atoms with Crippen molar-refractivity contribution >= 4 is 27.1 Å². The number of nitrogens with zero attached hydrogens (tertiary/aromatic N) is 4. The summed E-state index contributed by atoms with van der Waals surface area (Å²) in [5.41, 5.74) is 6.50. The smallest absolute Gasteiger partial charge is 0.263 e. The Balaban J connectivity index is 1.84. The fourth-order valence-corrected chi connectivity index (χ4v) is 6.04. The lowest BCUT2D eigenvalue weighted by molar-refractivity contribution is 0.0998. The molecule has 1 unspecified atom stereocenters. The molecule has 1 aliphatic heterocycles. The first-order valence-electron chi connectivity index (χ1n) is 10.7. The number of sulfonamides is 1. The molecule has 1 amide bonds. The van der Waals surface area contributed by atoms with Crippen molar-refractivity contribution in [1.82, 2.24) is 13.9 Å². The van der Waals surface area contributed by atoms with Crippen LogP contribution in [0, 0.1) is 11.6 Å². The second-order valence-electron chi connectivity index (χ2n) is 7.87. The second-order valence-corrected chi connectivity index (χ2v) is 9.72. The average molecular weight is 478 g/mol. The summed E-state index contributed by atoms with van der Waals surface area (Å²) in [5.74, 6) is -1.93. The summed E-state index contributed by atoms with van der Waals surface area (Å²) >= 11 is 0. The van der Waals surface area contributed by atoms with Crippen LogP contribution in [0.4, 0.5) is 14.5 Å². The molecule has 176 valence electrons. The highest BCUT2D eigenvalue weighted by molar-refractivity contribution is 7.89. The third kappa shape index (κ3) is 3.95. The molecule has 1 atom stereocenters. The van der Waals surface area contributed by atoms with Crippen molar-refractivity contribution in [2.45, 2.75) is 37.8 Å². The van der Waals surface area contributed by atoms with Crippen molar-refractivity contribution in [2.24, 2.45) is 5.73 Å². The Morgan fingerprint density at radius 3 is 2.61 bits per heavy atom. The van der Waals surface area contributed by atoms with Crippen molar-refractivity contribution in [2.75, 3.05) is 24.5 Å². The van der Waals surface area contributed by atoms with E-state index in [4.69, 9.17) is 5.73 Å². The molecule has 3 aromatic rings. The topological polar surface area (TPSA) is 101 Å². The minimum atomic E-state index is -4.04. The minimum Gasteiger partial charge on any atom is -0.365 e.